The topological polar surface area (TPSA) is 175 Å². The van der Waals surface area contributed by atoms with Crippen LogP contribution >= 0.6 is 0 Å². The molecule has 7 atom stereocenters. The van der Waals surface area contributed by atoms with Gasteiger partial charge in [-0.1, -0.05) is 38.1 Å². The molecule has 4 aliphatic rings. The van der Waals surface area contributed by atoms with Gasteiger partial charge in [0.05, 0.1) is 56.2 Å². The van der Waals surface area contributed by atoms with Crippen LogP contribution in [-0.4, -0.2) is 111 Å². The van der Waals surface area contributed by atoms with E-state index in [1.165, 1.54) is 48.6 Å². The number of carbonyl (C=O) groups excluding carboxylic acids is 4. The summed E-state index contributed by atoms with van der Waals surface area (Å²) in [6.45, 7) is 6.19. The van der Waals surface area contributed by atoms with E-state index in [2.05, 4.69) is 51.7 Å². The summed E-state index contributed by atoms with van der Waals surface area (Å²) >= 11 is 0. The van der Waals surface area contributed by atoms with Crippen molar-refractivity contribution in [3.05, 3.63) is 71.6 Å². The molecule has 2 aliphatic heterocycles. The molecular formula is C44H54N8O7. The number of methoxy groups -OCH3 is 3. The van der Waals surface area contributed by atoms with Crippen molar-refractivity contribution in [3.63, 3.8) is 0 Å². The zero-order valence-corrected chi connectivity index (χ0v) is 34.6. The number of aldehydes is 1. The number of H-pyrrole nitrogens is 2. The van der Waals surface area contributed by atoms with Crippen molar-refractivity contribution < 1.29 is 33.4 Å². The summed E-state index contributed by atoms with van der Waals surface area (Å²) in [5.41, 5.74) is 8.78. The average molecular weight is 807 g/mol. The fourth-order valence-corrected chi connectivity index (χ4v) is 9.80. The molecule has 8 rings (SSSR count). The first-order valence-electron chi connectivity index (χ1n) is 20.7. The Balaban J connectivity index is 1.000. The van der Waals surface area contributed by atoms with E-state index < -0.39 is 30.4 Å². The molecule has 3 N–H and O–H groups in total. The van der Waals surface area contributed by atoms with Crippen molar-refractivity contribution in [1.82, 2.24) is 40.2 Å². The maximum absolute atomic E-state index is 13.6. The fraction of sp³-hybridized carbons (Fsp3) is 0.500. The number of fused-ring (bicyclic) bond motifs is 5. The van der Waals surface area contributed by atoms with Crippen molar-refractivity contribution in [2.75, 3.05) is 27.9 Å². The highest BCUT2D eigenvalue weighted by Crippen LogP contribution is 2.51. The van der Waals surface area contributed by atoms with E-state index in [4.69, 9.17) is 24.2 Å². The third-order valence-electron chi connectivity index (χ3n) is 12.9. The van der Waals surface area contributed by atoms with Crippen LogP contribution in [0.5, 0.6) is 0 Å². The lowest BCUT2D eigenvalue weighted by Gasteiger charge is -2.44. The molecule has 4 aromatic rings. The highest BCUT2D eigenvalue weighted by atomic mass is 16.6. The zero-order valence-electron chi connectivity index (χ0n) is 34.6. The van der Waals surface area contributed by atoms with Crippen LogP contribution in [0.15, 0.2) is 48.8 Å². The number of piperidine rings is 1. The van der Waals surface area contributed by atoms with E-state index in [-0.39, 0.29) is 35.9 Å². The van der Waals surface area contributed by atoms with Crippen molar-refractivity contribution in [1.29, 1.82) is 0 Å². The molecule has 2 aromatic carbocycles. The number of likely N-dealkylation sites (tertiary alicyclic amines) is 1. The van der Waals surface area contributed by atoms with Crippen molar-refractivity contribution in [3.8, 4) is 33.6 Å². The minimum absolute atomic E-state index is 0.0815. The number of benzene rings is 2. The molecule has 2 bridgehead atoms. The maximum Gasteiger partial charge on any atom is 0.424 e. The Morgan fingerprint density at radius 3 is 2.12 bits per heavy atom. The molecule has 15 nitrogen and oxygen atoms in total. The Labute approximate surface area is 344 Å². The van der Waals surface area contributed by atoms with Crippen LogP contribution in [0.3, 0.4) is 0 Å². The van der Waals surface area contributed by atoms with Gasteiger partial charge in [-0.2, -0.15) is 0 Å². The van der Waals surface area contributed by atoms with E-state index >= 15 is 0 Å². The van der Waals surface area contributed by atoms with Crippen LogP contribution in [0.2, 0.25) is 0 Å². The average Bonchev–Trinajstić information content (AvgIpc) is 4.12. The summed E-state index contributed by atoms with van der Waals surface area (Å²) in [4.78, 5) is 69.8. The van der Waals surface area contributed by atoms with Gasteiger partial charge in [-0.3, -0.25) is 4.79 Å². The molecule has 3 fully saturated rings. The van der Waals surface area contributed by atoms with Gasteiger partial charge in [0.25, 0.3) is 0 Å². The number of aromatic nitrogens is 4. The van der Waals surface area contributed by atoms with Crippen molar-refractivity contribution in [2.24, 2.45) is 11.8 Å². The number of amides is 3. The largest absolute Gasteiger partial charge is 0.453 e. The highest BCUT2D eigenvalue weighted by Gasteiger charge is 2.53. The molecular weight excluding hydrogens is 753 g/mol. The SMILES string of the molecule is COC(=O)NC(C(=O)N1CCC[C@H]1c1ncc(-c2ccc3c(c2)CCc2cc(-c4cnc([C@@H]5[C@H]6CC[C@H](C6)N5N(C(=O)OC)C(C=O)C(C)OC)[nH]4)ccc2-3)[nH]1)C(C)C. The molecule has 3 unspecified atom stereocenters. The first-order valence-corrected chi connectivity index (χ1v) is 20.7. The van der Waals surface area contributed by atoms with Gasteiger partial charge in [0, 0.05) is 19.7 Å². The molecule has 0 radical (unpaired) electrons. The van der Waals surface area contributed by atoms with E-state index in [1.54, 1.807) is 6.92 Å². The number of hydrazine groups is 1. The number of nitrogens with zero attached hydrogens (tertiary/aromatic N) is 5. The van der Waals surface area contributed by atoms with Crippen LogP contribution in [-0.2, 0) is 36.6 Å². The highest BCUT2D eigenvalue weighted by molar-refractivity contribution is 5.86. The first kappa shape index (κ1) is 40.2. The van der Waals surface area contributed by atoms with E-state index in [0.717, 1.165) is 85.4 Å². The van der Waals surface area contributed by atoms with Crippen LogP contribution in [0, 0.1) is 11.8 Å². The molecule has 2 saturated heterocycles. The van der Waals surface area contributed by atoms with Gasteiger partial charge < -0.3 is 39.2 Å². The summed E-state index contributed by atoms with van der Waals surface area (Å²) in [6.07, 6.45) is 8.96. The number of ether oxygens (including phenoxy) is 3. The second kappa shape index (κ2) is 16.6. The molecule has 4 heterocycles. The number of aryl methyl sites for hydroxylation is 2. The summed E-state index contributed by atoms with van der Waals surface area (Å²) in [5.74, 6) is 1.53. The lowest BCUT2D eigenvalue weighted by Crippen LogP contribution is -2.59. The summed E-state index contributed by atoms with van der Waals surface area (Å²) in [7, 11) is 4.16. The monoisotopic (exact) mass is 806 g/mol. The lowest BCUT2D eigenvalue weighted by molar-refractivity contribution is -0.141. The summed E-state index contributed by atoms with van der Waals surface area (Å²) in [5, 5.41) is 6.18. The quantitative estimate of drug-likeness (QED) is 0.136. The molecule has 0 spiro atoms. The first-order chi connectivity index (χ1) is 28.5. The molecule has 1 saturated carbocycles. The Bertz CT molecular complexity index is 2220. The van der Waals surface area contributed by atoms with Gasteiger partial charge in [-0.25, -0.2) is 29.6 Å². The van der Waals surface area contributed by atoms with Crippen LogP contribution in [0.25, 0.3) is 33.6 Å². The zero-order chi connectivity index (χ0) is 41.5. The van der Waals surface area contributed by atoms with Crippen LogP contribution in [0.4, 0.5) is 9.59 Å². The van der Waals surface area contributed by atoms with Crippen molar-refractivity contribution >= 4 is 24.4 Å². The molecule has 15 heteroatoms. The third kappa shape index (κ3) is 7.39. The second-order valence-electron chi connectivity index (χ2n) is 16.6. The Hall–Kier alpha value is -5.54. The fourth-order valence-electron chi connectivity index (χ4n) is 9.80. The van der Waals surface area contributed by atoms with Gasteiger partial charge in [-0.15, -0.1) is 0 Å². The third-order valence-corrected chi connectivity index (χ3v) is 12.9. The second-order valence-corrected chi connectivity index (χ2v) is 16.6. The molecule has 312 valence electrons. The standard InChI is InChI=1S/C44H54N8O7/c1-24(2)38(49-43(55)58-5)42(54)50-17-7-8-36(50)40-45-21-34(47-40)28-12-15-32-26(18-28)9-10-27-19-29(13-16-33(27)32)35-22-46-41(48-35)39-30-11-14-31(20-30)51(39)52(44(56)59-6)37(23-53)25(3)57-4/h12-13,15-16,18-19,21-25,30-31,36-39H,7-11,14,17,20H2,1-6H3,(H,45,47)(H,46,48)(H,49,55)/t25?,30-,31+,36-,37?,38?,39-/m0/s1. The Kier molecular flexibility index (Phi) is 11.3. The van der Waals surface area contributed by atoms with E-state index in [0.29, 0.717) is 6.54 Å². The van der Waals surface area contributed by atoms with Crippen LogP contribution < -0.4 is 5.32 Å². The predicted molar refractivity (Wildman–Crippen MR) is 219 cm³/mol. The van der Waals surface area contributed by atoms with Gasteiger partial charge in [0.15, 0.2) is 0 Å². The van der Waals surface area contributed by atoms with E-state index in [9.17, 15) is 19.2 Å². The number of hydrogen-bond donors (Lipinski definition) is 3. The maximum atomic E-state index is 13.6. The molecule has 2 aliphatic carbocycles. The number of carbonyl (C=O) groups is 4. The smallest absolute Gasteiger partial charge is 0.424 e. The Morgan fingerprint density at radius 2 is 1.53 bits per heavy atom. The van der Waals surface area contributed by atoms with Gasteiger partial charge in [0.1, 0.15) is 30.0 Å². The number of hydrogen-bond acceptors (Lipinski definition) is 10. The minimum atomic E-state index is -0.845. The lowest BCUT2D eigenvalue weighted by atomic mass is 9.83. The Morgan fingerprint density at radius 1 is 0.881 bits per heavy atom. The summed E-state index contributed by atoms with van der Waals surface area (Å²) < 4.78 is 15.5. The molecule has 2 aromatic heterocycles. The molecule has 59 heavy (non-hydrogen) atoms. The van der Waals surface area contributed by atoms with Crippen LogP contribution in [0.1, 0.15) is 87.7 Å². The number of rotatable bonds is 12. The minimum Gasteiger partial charge on any atom is -0.453 e. The number of imidazole rings is 2. The van der Waals surface area contributed by atoms with Gasteiger partial charge in [-0.05, 0) is 109 Å². The van der Waals surface area contributed by atoms with E-state index in [1.807, 2.05) is 36.1 Å². The van der Waals surface area contributed by atoms with Crippen molar-refractivity contribution in [2.45, 2.75) is 102 Å². The van der Waals surface area contributed by atoms with Gasteiger partial charge >= 0.3 is 12.2 Å². The number of alkyl carbamates (subject to hydrolysis) is 1. The number of nitrogens with one attached hydrogen (secondary N) is 3. The van der Waals surface area contributed by atoms with Gasteiger partial charge in [0.2, 0.25) is 5.91 Å². The molecule has 3 amide bonds. The summed E-state index contributed by atoms with van der Waals surface area (Å²) in [6, 6.07) is 11.2. The number of aromatic amines is 2. The normalized spacial score (nSPS) is 22.4. The predicted octanol–water partition coefficient (Wildman–Crippen LogP) is 6.39.